The van der Waals surface area contributed by atoms with E-state index in [9.17, 15) is 14.7 Å². The summed E-state index contributed by atoms with van der Waals surface area (Å²) < 4.78 is 13.4. The molecule has 1 aromatic carbocycles. The predicted octanol–water partition coefficient (Wildman–Crippen LogP) is 1.93. The summed E-state index contributed by atoms with van der Waals surface area (Å²) in [5, 5.41) is 17.8. The van der Waals surface area contributed by atoms with Gasteiger partial charge >= 0.3 is 6.09 Å². The van der Waals surface area contributed by atoms with Crippen molar-refractivity contribution in [1.29, 1.82) is 0 Å². The van der Waals surface area contributed by atoms with Gasteiger partial charge in [0.2, 0.25) is 5.91 Å². The van der Waals surface area contributed by atoms with Crippen LogP contribution in [0.5, 0.6) is 5.75 Å². The van der Waals surface area contributed by atoms with Crippen molar-refractivity contribution in [3.63, 3.8) is 0 Å². The molecule has 10 heteroatoms. The van der Waals surface area contributed by atoms with E-state index in [0.717, 1.165) is 5.69 Å². The van der Waals surface area contributed by atoms with Crippen molar-refractivity contribution in [2.45, 2.75) is 52.0 Å². The first-order valence-electron chi connectivity index (χ1n) is 11.3. The van der Waals surface area contributed by atoms with Crippen LogP contribution in [0.15, 0.2) is 36.5 Å². The van der Waals surface area contributed by atoms with Crippen molar-refractivity contribution in [3.05, 3.63) is 42.2 Å². The standard InChI is InChI=1S/C23H33N5O5/c1-17-13-27(18(2)15-29)22(30)10-7-11-28-19(12-24-25-28)16-32-21(17)14-26(3)23(31)33-20-8-5-4-6-9-20/h4-6,8-9,12,17-18,21,29H,7,10-11,13-16H2,1-3H3/t17-,18-,21+/m0/s1. The molecule has 0 radical (unpaired) electrons. The second kappa shape index (κ2) is 11.8. The van der Waals surface area contributed by atoms with Gasteiger partial charge in [-0.1, -0.05) is 30.3 Å². The molecular weight excluding hydrogens is 426 g/mol. The highest BCUT2D eigenvalue weighted by molar-refractivity contribution is 5.76. The van der Waals surface area contributed by atoms with E-state index in [1.54, 1.807) is 47.1 Å². The fourth-order valence-corrected chi connectivity index (χ4v) is 3.76. The Morgan fingerprint density at radius 1 is 1.36 bits per heavy atom. The molecule has 1 aliphatic rings. The molecule has 0 saturated heterocycles. The first kappa shape index (κ1) is 24.7. The lowest BCUT2D eigenvalue weighted by Gasteiger charge is -2.35. The lowest BCUT2D eigenvalue weighted by molar-refractivity contribution is -0.136. The predicted molar refractivity (Wildman–Crippen MR) is 120 cm³/mol. The normalized spacial score (nSPS) is 20.8. The van der Waals surface area contributed by atoms with Crippen LogP contribution in [0.2, 0.25) is 0 Å². The number of aromatic nitrogens is 3. The number of para-hydroxylation sites is 1. The molecule has 0 aliphatic carbocycles. The first-order valence-corrected chi connectivity index (χ1v) is 11.3. The Labute approximate surface area is 194 Å². The van der Waals surface area contributed by atoms with Crippen molar-refractivity contribution in [3.8, 4) is 5.75 Å². The number of carbonyl (C=O) groups is 2. The maximum Gasteiger partial charge on any atom is 0.415 e. The highest BCUT2D eigenvalue weighted by Gasteiger charge is 2.29. The summed E-state index contributed by atoms with van der Waals surface area (Å²) in [7, 11) is 1.66. The van der Waals surface area contributed by atoms with E-state index in [-0.39, 0.29) is 43.7 Å². The van der Waals surface area contributed by atoms with Gasteiger partial charge in [0.05, 0.1) is 43.8 Å². The summed E-state index contributed by atoms with van der Waals surface area (Å²) in [6.07, 6.45) is 1.75. The van der Waals surface area contributed by atoms with Crippen LogP contribution in [0.3, 0.4) is 0 Å². The molecule has 180 valence electrons. The third-order valence-corrected chi connectivity index (χ3v) is 5.85. The van der Waals surface area contributed by atoms with Gasteiger partial charge in [-0.25, -0.2) is 9.48 Å². The Morgan fingerprint density at radius 3 is 2.85 bits per heavy atom. The number of ether oxygens (including phenoxy) is 2. The summed E-state index contributed by atoms with van der Waals surface area (Å²) in [5.74, 6) is 0.324. The number of amides is 2. The van der Waals surface area contributed by atoms with Gasteiger partial charge in [-0.3, -0.25) is 4.79 Å². The summed E-state index contributed by atoms with van der Waals surface area (Å²) in [6.45, 7) is 5.19. The average molecular weight is 460 g/mol. The first-order chi connectivity index (χ1) is 15.9. The van der Waals surface area contributed by atoms with Gasteiger partial charge in [-0.2, -0.15) is 0 Å². The summed E-state index contributed by atoms with van der Waals surface area (Å²) in [4.78, 5) is 28.7. The van der Waals surface area contributed by atoms with E-state index >= 15 is 0 Å². The van der Waals surface area contributed by atoms with Crippen molar-refractivity contribution >= 4 is 12.0 Å². The van der Waals surface area contributed by atoms with Crippen LogP contribution in [-0.4, -0.2) is 80.8 Å². The third-order valence-electron chi connectivity index (χ3n) is 5.85. The van der Waals surface area contributed by atoms with Crippen LogP contribution in [0.25, 0.3) is 0 Å². The minimum absolute atomic E-state index is 0.0266. The summed E-state index contributed by atoms with van der Waals surface area (Å²) >= 11 is 0. The average Bonchev–Trinajstić information content (AvgIpc) is 3.26. The SMILES string of the molecule is C[C@H]1CN([C@@H](C)CO)C(=O)CCCn2nncc2CO[C@@H]1CN(C)C(=O)Oc1ccccc1. The van der Waals surface area contributed by atoms with Crippen molar-refractivity contribution in [1.82, 2.24) is 24.8 Å². The maximum atomic E-state index is 12.9. The lowest BCUT2D eigenvalue weighted by atomic mass is 10.0. The molecule has 2 heterocycles. The topological polar surface area (TPSA) is 110 Å². The van der Waals surface area contributed by atoms with Gasteiger partial charge in [0.15, 0.2) is 0 Å². The van der Waals surface area contributed by atoms with E-state index in [1.165, 1.54) is 4.90 Å². The smallest absolute Gasteiger partial charge is 0.410 e. The minimum Gasteiger partial charge on any atom is -0.410 e. The van der Waals surface area contributed by atoms with E-state index in [1.807, 2.05) is 19.9 Å². The number of carbonyl (C=O) groups excluding carboxylic acids is 2. The van der Waals surface area contributed by atoms with Gasteiger partial charge in [-0.05, 0) is 25.5 Å². The van der Waals surface area contributed by atoms with Gasteiger partial charge < -0.3 is 24.4 Å². The second-order valence-corrected chi connectivity index (χ2v) is 8.52. The molecular formula is C23H33N5O5. The summed E-state index contributed by atoms with van der Waals surface area (Å²) in [5.41, 5.74) is 0.815. The van der Waals surface area contributed by atoms with Crippen molar-refractivity contribution in [2.24, 2.45) is 5.92 Å². The van der Waals surface area contributed by atoms with E-state index in [2.05, 4.69) is 10.3 Å². The number of benzene rings is 1. The number of likely N-dealkylation sites (N-methyl/N-ethyl adjacent to an activating group) is 1. The Kier molecular flexibility index (Phi) is 8.79. The third kappa shape index (κ3) is 6.75. The van der Waals surface area contributed by atoms with Crippen LogP contribution in [-0.2, 0) is 22.7 Å². The number of aliphatic hydroxyl groups is 1. The van der Waals surface area contributed by atoms with Crippen molar-refractivity contribution < 1.29 is 24.2 Å². The zero-order valence-corrected chi connectivity index (χ0v) is 19.5. The molecule has 2 amide bonds. The monoisotopic (exact) mass is 459 g/mol. The van der Waals surface area contributed by atoms with Gasteiger partial charge in [0.1, 0.15) is 5.75 Å². The maximum absolute atomic E-state index is 12.9. The van der Waals surface area contributed by atoms with E-state index < -0.39 is 6.09 Å². The number of hydrogen-bond donors (Lipinski definition) is 1. The Balaban J connectivity index is 1.76. The second-order valence-electron chi connectivity index (χ2n) is 8.52. The van der Waals surface area contributed by atoms with Crippen LogP contribution < -0.4 is 4.74 Å². The Hall–Kier alpha value is -2.98. The van der Waals surface area contributed by atoms with Gasteiger partial charge in [-0.15, -0.1) is 5.10 Å². The fraction of sp³-hybridized carbons (Fsp3) is 0.565. The largest absolute Gasteiger partial charge is 0.415 e. The zero-order valence-electron chi connectivity index (χ0n) is 19.5. The molecule has 0 fully saturated rings. The lowest BCUT2D eigenvalue weighted by Crippen LogP contribution is -2.48. The number of aryl methyl sites for hydroxylation is 1. The molecule has 2 aromatic rings. The Morgan fingerprint density at radius 2 is 2.12 bits per heavy atom. The highest BCUT2D eigenvalue weighted by atomic mass is 16.6. The van der Waals surface area contributed by atoms with Crippen LogP contribution in [0, 0.1) is 5.92 Å². The molecule has 1 N–H and O–H groups in total. The van der Waals surface area contributed by atoms with Crippen LogP contribution in [0.1, 0.15) is 32.4 Å². The molecule has 3 atom stereocenters. The van der Waals surface area contributed by atoms with E-state index in [0.29, 0.717) is 31.7 Å². The molecule has 0 saturated carbocycles. The minimum atomic E-state index is -0.494. The molecule has 1 aromatic heterocycles. The highest BCUT2D eigenvalue weighted by Crippen LogP contribution is 2.19. The number of nitrogens with zero attached hydrogens (tertiary/aromatic N) is 5. The summed E-state index contributed by atoms with van der Waals surface area (Å²) in [6, 6.07) is 8.56. The molecule has 0 bridgehead atoms. The number of aliphatic hydroxyl groups excluding tert-OH is 1. The zero-order chi connectivity index (χ0) is 23.8. The van der Waals surface area contributed by atoms with Gasteiger partial charge in [0.25, 0.3) is 0 Å². The number of fused-ring (bicyclic) bond motifs is 1. The molecule has 3 rings (SSSR count). The van der Waals surface area contributed by atoms with Crippen LogP contribution >= 0.6 is 0 Å². The van der Waals surface area contributed by atoms with Gasteiger partial charge in [0, 0.05) is 32.5 Å². The van der Waals surface area contributed by atoms with E-state index in [4.69, 9.17) is 9.47 Å². The molecule has 0 spiro atoms. The number of hydrogen-bond acceptors (Lipinski definition) is 7. The fourth-order valence-electron chi connectivity index (χ4n) is 3.76. The number of rotatable bonds is 5. The van der Waals surface area contributed by atoms with Crippen LogP contribution in [0.4, 0.5) is 4.79 Å². The van der Waals surface area contributed by atoms with Crippen molar-refractivity contribution in [2.75, 3.05) is 26.7 Å². The Bertz CT molecular complexity index is 906. The quantitative estimate of drug-likeness (QED) is 0.727. The molecule has 33 heavy (non-hydrogen) atoms. The molecule has 0 unspecified atom stereocenters. The molecule has 10 nitrogen and oxygen atoms in total. The molecule has 1 aliphatic heterocycles.